The number of hydrogen-bond donors (Lipinski definition) is 3. The summed E-state index contributed by atoms with van der Waals surface area (Å²) in [4.78, 5) is 46.6. The molecule has 0 unspecified atom stereocenters. The van der Waals surface area contributed by atoms with Gasteiger partial charge >= 0.3 is 0 Å². The standard InChI is InChI=1S/C13H10O.C12H16O4.C11H14O.C10H12O2.CH4/c14-13(11-7-3-1-4-8-11)12-9-5-2-6-10-12;1-12(2,15)11(14)9-3-5-10(6-4-9)16-8-7-13;1-11(2,3)10(12)9-7-5-4-6-8-9;1-10(2,12)9(11)8-6-4-3-5-7-8;/h1-10H;3-6,13,15H,7-8H2,1-2H3;4-8H,1-3H3;3-7,12H,1-2H3;1H4. The molecule has 3 N–H and O–H groups in total. The Kier molecular flexibility index (Phi) is 19.5. The van der Waals surface area contributed by atoms with Crippen LogP contribution in [0.1, 0.15) is 103 Å². The van der Waals surface area contributed by atoms with Gasteiger partial charge in [0.15, 0.2) is 23.1 Å². The maximum absolute atomic E-state index is 11.8. The van der Waals surface area contributed by atoms with Crippen LogP contribution in [0.4, 0.5) is 0 Å². The van der Waals surface area contributed by atoms with Gasteiger partial charge in [-0.3, -0.25) is 19.2 Å². The molecule has 8 heteroatoms. The maximum Gasteiger partial charge on any atom is 0.193 e. The number of benzene rings is 5. The van der Waals surface area contributed by atoms with E-state index in [9.17, 15) is 29.4 Å². The SMILES string of the molecule is C.CC(C)(C)C(=O)c1ccccc1.CC(C)(O)C(=O)c1ccc(OCCO)cc1.CC(C)(O)C(=O)c1ccccc1.O=C(c1ccccc1)c1ccccc1. The molecule has 0 atom stereocenters. The lowest BCUT2D eigenvalue weighted by atomic mass is 9.87. The number of hydrogen-bond acceptors (Lipinski definition) is 8. The molecule has 0 heterocycles. The number of aliphatic hydroxyl groups excluding tert-OH is 1. The quantitative estimate of drug-likeness (QED) is 0.120. The van der Waals surface area contributed by atoms with Crippen molar-refractivity contribution in [2.45, 2.75) is 67.1 Å². The van der Waals surface area contributed by atoms with Crippen molar-refractivity contribution in [1.82, 2.24) is 0 Å². The lowest BCUT2D eigenvalue weighted by Crippen LogP contribution is -2.30. The Hall–Kier alpha value is -5.54. The first-order valence-corrected chi connectivity index (χ1v) is 17.5. The van der Waals surface area contributed by atoms with Crippen molar-refractivity contribution in [2.24, 2.45) is 5.41 Å². The summed E-state index contributed by atoms with van der Waals surface area (Å²) in [5.74, 6) is 0.278. The van der Waals surface area contributed by atoms with Crippen LogP contribution in [0.15, 0.2) is 146 Å². The number of carbonyl (C=O) groups excluding carboxylic acids is 4. The molecule has 292 valence electrons. The van der Waals surface area contributed by atoms with Gasteiger partial charge in [-0.2, -0.15) is 0 Å². The van der Waals surface area contributed by atoms with Crippen molar-refractivity contribution in [2.75, 3.05) is 13.2 Å². The number of carbonyl (C=O) groups is 4. The molecule has 0 aromatic heterocycles. The number of Topliss-reactive ketones (excluding diaryl/α,β-unsaturated/α-hetero) is 3. The summed E-state index contributed by atoms with van der Waals surface area (Å²) >= 11 is 0. The number of aliphatic hydroxyl groups is 3. The van der Waals surface area contributed by atoms with E-state index in [0.29, 0.717) is 16.9 Å². The molecule has 0 bridgehead atoms. The van der Waals surface area contributed by atoms with Crippen LogP contribution in [-0.2, 0) is 0 Å². The van der Waals surface area contributed by atoms with E-state index in [1.54, 1.807) is 48.5 Å². The van der Waals surface area contributed by atoms with Gasteiger partial charge < -0.3 is 20.1 Å². The molecule has 0 aliphatic rings. The predicted molar refractivity (Wildman–Crippen MR) is 220 cm³/mol. The zero-order chi connectivity index (χ0) is 40.4. The average Bonchev–Trinajstić information content (AvgIpc) is 3.17. The molecule has 0 aliphatic heterocycles. The largest absolute Gasteiger partial charge is 0.491 e. The topological polar surface area (TPSA) is 138 Å². The van der Waals surface area contributed by atoms with Gasteiger partial charge in [-0.05, 0) is 52.0 Å². The number of rotatable bonds is 10. The van der Waals surface area contributed by atoms with Gasteiger partial charge in [-0.1, -0.05) is 150 Å². The highest BCUT2D eigenvalue weighted by molar-refractivity contribution is 6.09. The smallest absolute Gasteiger partial charge is 0.193 e. The van der Waals surface area contributed by atoms with Crippen molar-refractivity contribution in [3.63, 3.8) is 0 Å². The summed E-state index contributed by atoms with van der Waals surface area (Å²) in [5, 5.41) is 27.5. The van der Waals surface area contributed by atoms with Crippen LogP contribution in [0.25, 0.3) is 0 Å². The second-order valence-corrected chi connectivity index (χ2v) is 14.2. The molecule has 0 radical (unpaired) electrons. The van der Waals surface area contributed by atoms with Crippen LogP contribution in [0, 0.1) is 5.41 Å². The summed E-state index contributed by atoms with van der Waals surface area (Å²) in [6.07, 6.45) is 0. The van der Waals surface area contributed by atoms with Gasteiger partial charge in [0.25, 0.3) is 0 Å². The third kappa shape index (κ3) is 17.0. The Balaban J connectivity index is 0.000000367. The van der Waals surface area contributed by atoms with E-state index in [2.05, 4.69) is 0 Å². The molecule has 0 fully saturated rings. The van der Waals surface area contributed by atoms with E-state index in [1.165, 1.54) is 27.7 Å². The Labute approximate surface area is 326 Å². The van der Waals surface area contributed by atoms with Gasteiger partial charge in [0.2, 0.25) is 0 Å². The summed E-state index contributed by atoms with van der Waals surface area (Å²) in [6, 6.07) is 43.2. The van der Waals surface area contributed by atoms with Gasteiger partial charge in [0.05, 0.1) is 6.61 Å². The monoisotopic (exact) mass is 748 g/mol. The maximum atomic E-state index is 11.8. The third-order valence-corrected chi connectivity index (χ3v) is 7.41. The third-order valence-electron chi connectivity index (χ3n) is 7.41. The number of ether oxygens (including phenoxy) is 1. The van der Waals surface area contributed by atoms with Gasteiger partial charge in [-0.15, -0.1) is 0 Å². The molecule has 0 saturated carbocycles. The predicted octanol–water partition coefficient (Wildman–Crippen LogP) is 9.12. The first-order chi connectivity index (χ1) is 25.4. The van der Waals surface area contributed by atoms with Gasteiger partial charge in [0, 0.05) is 33.2 Å². The zero-order valence-corrected chi connectivity index (χ0v) is 32.2. The zero-order valence-electron chi connectivity index (χ0n) is 32.2. The Morgan fingerprint density at radius 3 is 1.04 bits per heavy atom. The van der Waals surface area contributed by atoms with E-state index in [-0.39, 0.29) is 49.2 Å². The van der Waals surface area contributed by atoms with E-state index in [4.69, 9.17) is 9.84 Å². The van der Waals surface area contributed by atoms with Crippen molar-refractivity contribution in [1.29, 1.82) is 0 Å². The number of ketones is 4. The molecule has 0 aliphatic carbocycles. The average molecular weight is 749 g/mol. The fourth-order valence-electron chi connectivity index (χ4n) is 4.53. The Morgan fingerprint density at radius 2 is 0.745 bits per heavy atom. The minimum atomic E-state index is -1.37. The lowest BCUT2D eigenvalue weighted by Gasteiger charge is -2.16. The van der Waals surface area contributed by atoms with Crippen LogP contribution in [0.2, 0.25) is 0 Å². The van der Waals surface area contributed by atoms with Crippen molar-refractivity contribution in [3.8, 4) is 5.75 Å². The Bertz CT molecular complexity index is 1760. The van der Waals surface area contributed by atoms with E-state index in [1.807, 2.05) is 118 Å². The molecule has 0 saturated heterocycles. The van der Waals surface area contributed by atoms with E-state index >= 15 is 0 Å². The molecule has 55 heavy (non-hydrogen) atoms. The molecule has 5 aromatic carbocycles. The molecular formula is C47H56O8. The first kappa shape index (κ1) is 47.5. The second kappa shape index (κ2) is 22.6. The van der Waals surface area contributed by atoms with Gasteiger partial charge in [0.1, 0.15) is 23.6 Å². The summed E-state index contributed by atoms with van der Waals surface area (Å²) < 4.78 is 5.15. The van der Waals surface area contributed by atoms with Crippen molar-refractivity contribution < 1.29 is 39.2 Å². The van der Waals surface area contributed by atoms with E-state index < -0.39 is 11.2 Å². The highest BCUT2D eigenvalue weighted by Crippen LogP contribution is 2.20. The normalized spacial score (nSPS) is 10.7. The van der Waals surface area contributed by atoms with Crippen LogP contribution in [-0.4, -0.2) is 62.9 Å². The van der Waals surface area contributed by atoms with E-state index in [0.717, 1.165) is 16.7 Å². The summed E-state index contributed by atoms with van der Waals surface area (Å²) in [6.45, 7) is 11.8. The lowest BCUT2D eigenvalue weighted by molar-refractivity contribution is 0.0487. The molecule has 5 aromatic rings. The highest BCUT2D eigenvalue weighted by Gasteiger charge is 2.26. The molecular weight excluding hydrogens is 693 g/mol. The second-order valence-electron chi connectivity index (χ2n) is 14.2. The van der Waals surface area contributed by atoms with Crippen LogP contribution in [0.5, 0.6) is 5.75 Å². The first-order valence-electron chi connectivity index (χ1n) is 17.5. The molecule has 0 amide bonds. The minimum Gasteiger partial charge on any atom is -0.491 e. The highest BCUT2D eigenvalue weighted by atomic mass is 16.5. The molecule has 0 spiro atoms. The fraction of sp³-hybridized carbons (Fsp3) is 0.277. The van der Waals surface area contributed by atoms with Gasteiger partial charge in [-0.25, -0.2) is 0 Å². The van der Waals surface area contributed by atoms with Crippen molar-refractivity contribution in [3.05, 3.63) is 173 Å². The Morgan fingerprint density at radius 1 is 0.455 bits per heavy atom. The molecule has 8 nitrogen and oxygen atoms in total. The fourth-order valence-corrected chi connectivity index (χ4v) is 4.53. The minimum absolute atomic E-state index is 0. The van der Waals surface area contributed by atoms with Crippen LogP contribution in [0.3, 0.4) is 0 Å². The van der Waals surface area contributed by atoms with Crippen molar-refractivity contribution >= 4 is 23.1 Å². The summed E-state index contributed by atoms with van der Waals surface area (Å²) in [5.41, 5.74) is 0.326. The molecule has 5 rings (SSSR count). The van der Waals surface area contributed by atoms with Crippen LogP contribution >= 0.6 is 0 Å². The summed E-state index contributed by atoms with van der Waals surface area (Å²) in [7, 11) is 0. The van der Waals surface area contributed by atoms with Crippen LogP contribution < -0.4 is 4.74 Å².